The maximum absolute atomic E-state index is 12.5. The molecule has 1 aliphatic heterocycles. The van der Waals surface area contributed by atoms with E-state index in [2.05, 4.69) is 13.8 Å². The molecule has 0 radical (unpaired) electrons. The van der Waals surface area contributed by atoms with Crippen molar-refractivity contribution in [2.45, 2.75) is 58.2 Å². The van der Waals surface area contributed by atoms with Crippen molar-refractivity contribution in [3.63, 3.8) is 0 Å². The number of carbonyl (C=O) groups excluding carboxylic acids is 1. The fourth-order valence-electron chi connectivity index (χ4n) is 2.66. The van der Waals surface area contributed by atoms with E-state index in [4.69, 9.17) is 10.5 Å². The fourth-order valence-corrected chi connectivity index (χ4v) is 2.66. The molecule has 0 spiro atoms. The van der Waals surface area contributed by atoms with Gasteiger partial charge >= 0.3 is 0 Å². The van der Waals surface area contributed by atoms with E-state index in [1.807, 2.05) is 29.2 Å². The molecule has 21 heavy (non-hydrogen) atoms. The van der Waals surface area contributed by atoms with Gasteiger partial charge in [-0.3, -0.25) is 4.79 Å². The second-order valence-electron chi connectivity index (χ2n) is 6.05. The molecular formula is C17H26N2O2. The summed E-state index contributed by atoms with van der Waals surface area (Å²) in [4.78, 5) is 14.5. The summed E-state index contributed by atoms with van der Waals surface area (Å²) in [5, 5.41) is 0. The molecular weight excluding hydrogens is 264 g/mol. The lowest BCUT2D eigenvalue weighted by molar-refractivity contribution is -0.137. The summed E-state index contributed by atoms with van der Waals surface area (Å²) in [5.41, 5.74) is 7.56. The van der Waals surface area contributed by atoms with Crippen LogP contribution >= 0.6 is 0 Å². The third-order valence-electron chi connectivity index (χ3n) is 3.95. The molecule has 1 heterocycles. The molecule has 1 fully saturated rings. The minimum absolute atomic E-state index is 0.0962. The lowest BCUT2D eigenvalue weighted by atomic mass is 10.0. The van der Waals surface area contributed by atoms with Gasteiger partial charge in [-0.25, -0.2) is 0 Å². The molecule has 2 rings (SSSR count). The van der Waals surface area contributed by atoms with Crippen LogP contribution in [0, 0.1) is 0 Å². The normalized spacial score (nSPS) is 18.7. The average molecular weight is 290 g/mol. The number of nitrogens with two attached hydrogens (primary N) is 1. The van der Waals surface area contributed by atoms with Gasteiger partial charge in [-0.05, 0) is 50.8 Å². The van der Waals surface area contributed by atoms with E-state index in [-0.39, 0.29) is 18.1 Å². The van der Waals surface area contributed by atoms with Gasteiger partial charge in [0.25, 0.3) is 0 Å². The number of nitrogens with zero attached hydrogens (tertiary/aromatic N) is 1. The maximum atomic E-state index is 12.5. The number of anilines is 1. The fraction of sp³-hybridized carbons (Fsp3) is 0.588. The van der Waals surface area contributed by atoms with Crippen LogP contribution in [0.3, 0.4) is 0 Å². The van der Waals surface area contributed by atoms with E-state index in [0.29, 0.717) is 13.0 Å². The Morgan fingerprint density at radius 1 is 1.33 bits per heavy atom. The van der Waals surface area contributed by atoms with Crippen LogP contribution in [0.15, 0.2) is 24.3 Å². The molecule has 116 valence electrons. The highest BCUT2D eigenvalue weighted by molar-refractivity contribution is 5.77. The van der Waals surface area contributed by atoms with Gasteiger partial charge in [0.15, 0.2) is 0 Å². The molecule has 0 saturated carbocycles. The topological polar surface area (TPSA) is 55.6 Å². The van der Waals surface area contributed by atoms with Crippen molar-refractivity contribution in [1.82, 2.24) is 4.90 Å². The Hall–Kier alpha value is -1.55. The number of benzene rings is 1. The standard InChI is InChI=1S/C17H26N2O2/c1-13(2)19(12-14-6-8-15(18)9-7-14)17(20)11-16-5-3-4-10-21-16/h6-9,13,16H,3-5,10-12,18H2,1-2H3. The first-order chi connectivity index (χ1) is 10.1. The Bertz CT molecular complexity index is 450. The number of hydrogen-bond donors (Lipinski definition) is 1. The van der Waals surface area contributed by atoms with Crippen molar-refractivity contribution in [3.8, 4) is 0 Å². The van der Waals surface area contributed by atoms with Gasteiger partial charge in [0.1, 0.15) is 0 Å². The van der Waals surface area contributed by atoms with Crippen LogP contribution in [0.25, 0.3) is 0 Å². The predicted octanol–water partition coefficient (Wildman–Crippen LogP) is 2.97. The number of hydrogen-bond acceptors (Lipinski definition) is 3. The minimum atomic E-state index is 0.0962. The monoisotopic (exact) mass is 290 g/mol. The first kappa shape index (κ1) is 15.8. The molecule has 4 nitrogen and oxygen atoms in total. The summed E-state index contributed by atoms with van der Waals surface area (Å²) >= 11 is 0. The van der Waals surface area contributed by atoms with Crippen molar-refractivity contribution in [3.05, 3.63) is 29.8 Å². The Morgan fingerprint density at radius 2 is 2.05 bits per heavy atom. The lowest BCUT2D eigenvalue weighted by Gasteiger charge is -2.30. The summed E-state index contributed by atoms with van der Waals surface area (Å²) in [6, 6.07) is 7.90. The Kier molecular flexibility index (Phi) is 5.62. The van der Waals surface area contributed by atoms with E-state index < -0.39 is 0 Å². The number of rotatable bonds is 5. The zero-order chi connectivity index (χ0) is 15.2. The van der Waals surface area contributed by atoms with Gasteiger partial charge in [0.05, 0.1) is 12.5 Å². The first-order valence-corrected chi connectivity index (χ1v) is 7.81. The van der Waals surface area contributed by atoms with Gasteiger partial charge < -0.3 is 15.4 Å². The van der Waals surface area contributed by atoms with Gasteiger partial charge in [-0.2, -0.15) is 0 Å². The van der Waals surface area contributed by atoms with E-state index in [1.165, 1.54) is 0 Å². The number of amides is 1. The molecule has 1 amide bonds. The van der Waals surface area contributed by atoms with Crippen molar-refractivity contribution in [1.29, 1.82) is 0 Å². The van der Waals surface area contributed by atoms with Crippen LogP contribution in [-0.4, -0.2) is 29.6 Å². The number of nitrogen functional groups attached to an aromatic ring is 1. The first-order valence-electron chi connectivity index (χ1n) is 7.81. The molecule has 0 bridgehead atoms. The zero-order valence-corrected chi connectivity index (χ0v) is 13.0. The van der Waals surface area contributed by atoms with Crippen LogP contribution in [0.4, 0.5) is 5.69 Å². The highest BCUT2D eigenvalue weighted by Crippen LogP contribution is 2.19. The number of ether oxygens (including phenoxy) is 1. The van der Waals surface area contributed by atoms with E-state index in [9.17, 15) is 4.79 Å². The van der Waals surface area contributed by atoms with Crippen LogP contribution in [0.2, 0.25) is 0 Å². The van der Waals surface area contributed by atoms with Crippen molar-refractivity contribution >= 4 is 11.6 Å². The largest absolute Gasteiger partial charge is 0.399 e. The summed E-state index contributed by atoms with van der Waals surface area (Å²) in [6.07, 6.45) is 3.87. The summed E-state index contributed by atoms with van der Waals surface area (Å²) < 4.78 is 5.68. The van der Waals surface area contributed by atoms with Crippen molar-refractivity contribution < 1.29 is 9.53 Å². The molecule has 1 aliphatic rings. The molecule has 4 heteroatoms. The molecule has 1 unspecified atom stereocenters. The van der Waals surface area contributed by atoms with Crippen molar-refractivity contribution in [2.24, 2.45) is 0 Å². The van der Waals surface area contributed by atoms with Crippen molar-refractivity contribution in [2.75, 3.05) is 12.3 Å². The average Bonchev–Trinajstić information content (AvgIpc) is 2.47. The third-order valence-corrected chi connectivity index (χ3v) is 3.95. The Morgan fingerprint density at radius 3 is 2.62 bits per heavy atom. The zero-order valence-electron chi connectivity index (χ0n) is 13.0. The summed E-state index contributed by atoms with van der Waals surface area (Å²) in [6.45, 7) is 5.52. The molecule has 0 aliphatic carbocycles. The highest BCUT2D eigenvalue weighted by atomic mass is 16.5. The van der Waals surface area contributed by atoms with Crippen LogP contribution in [-0.2, 0) is 16.1 Å². The molecule has 0 aromatic heterocycles. The van der Waals surface area contributed by atoms with Crippen LogP contribution in [0.1, 0.15) is 45.1 Å². The second kappa shape index (κ2) is 7.46. The van der Waals surface area contributed by atoms with Crippen LogP contribution in [0.5, 0.6) is 0 Å². The van der Waals surface area contributed by atoms with Gasteiger partial charge in [0.2, 0.25) is 5.91 Å². The highest BCUT2D eigenvalue weighted by Gasteiger charge is 2.23. The Balaban J connectivity index is 1.96. The van der Waals surface area contributed by atoms with E-state index in [0.717, 1.165) is 37.1 Å². The minimum Gasteiger partial charge on any atom is -0.399 e. The smallest absolute Gasteiger partial charge is 0.225 e. The van der Waals surface area contributed by atoms with Gasteiger partial charge in [-0.15, -0.1) is 0 Å². The molecule has 1 aromatic rings. The van der Waals surface area contributed by atoms with Crippen LogP contribution < -0.4 is 5.73 Å². The Labute approximate surface area is 127 Å². The molecule has 2 N–H and O–H groups in total. The maximum Gasteiger partial charge on any atom is 0.225 e. The molecule has 1 atom stereocenters. The SMILES string of the molecule is CC(C)N(Cc1ccc(N)cc1)C(=O)CC1CCCCO1. The van der Waals surface area contributed by atoms with E-state index >= 15 is 0 Å². The second-order valence-corrected chi connectivity index (χ2v) is 6.05. The van der Waals surface area contributed by atoms with Gasteiger partial charge in [-0.1, -0.05) is 12.1 Å². The number of carbonyl (C=O) groups is 1. The quantitative estimate of drug-likeness (QED) is 0.848. The third kappa shape index (κ3) is 4.74. The lowest BCUT2D eigenvalue weighted by Crippen LogP contribution is -2.39. The van der Waals surface area contributed by atoms with E-state index in [1.54, 1.807) is 0 Å². The summed E-state index contributed by atoms with van der Waals surface area (Å²) in [7, 11) is 0. The van der Waals surface area contributed by atoms with Gasteiger partial charge in [0, 0.05) is 24.9 Å². The molecule has 1 saturated heterocycles. The predicted molar refractivity (Wildman–Crippen MR) is 84.7 cm³/mol. The summed E-state index contributed by atoms with van der Waals surface area (Å²) in [5.74, 6) is 0.175. The molecule has 1 aromatic carbocycles.